The highest BCUT2D eigenvalue weighted by atomic mass is 35.5. The second-order valence-electron chi connectivity index (χ2n) is 4.55. The molecule has 0 fully saturated rings. The summed E-state index contributed by atoms with van der Waals surface area (Å²) in [5.74, 6) is -0.778. The van der Waals surface area contributed by atoms with Crippen molar-refractivity contribution in [2.75, 3.05) is 6.61 Å². The van der Waals surface area contributed by atoms with Crippen molar-refractivity contribution in [1.29, 1.82) is 0 Å². The molecule has 0 N–H and O–H groups in total. The Bertz CT molecular complexity index is 748. The minimum atomic E-state index is -0.588. The van der Waals surface area contributed by atoms with E-state index in [4.69, 9.17) is 16.3 Å². The number of carbonyl (C=O) groups is 1. The average Bonchev–Trinajstić information content (AvgIpc) is 2.48. The van der Waals surface area contributed by atoms with Gasteiger partial charge in [0.1, 0.15) is 11.6 Å². The van der Waals surface area contributed by atoms with E-state index in [1.807, 2.05) is 0 Å². The number of rotatable bonds is 5. The Kier molecular flexibility index (Phi) is 4.72. The van der Waals surface area contributed by atoms with Crippen molar-refractivity contribution >= 4 is 23.1 Å². The summed E-state index contributed by atoms with van der Waals surface area (Å²) in [4.78, 5) is 22.3. The Morgan fingerprint density at radius 1 is 1.32 bits per heavy atom. The van der Waals surface area contributed by atoms with Gasteiger partial charge in [-0.15, -0.1) is 0 Å². The van der Waals surface area contributed by atoms with E-state index in [0.29, 0.717) is 5.56 Å². The number of nitro benzene ring substituents is 1. The fourth-order valence-corrected chi connectivity index (χ4v) is 1.95. The monoisotopic (exact) mass is 323 g/mol. The van der Waals surface area contributed by atoms with Gasteiger partial charge in [-0.05, 0) is 19.1 Å². The van der Waals surface area contributed by atoms with E-state index in [1.165, 1.54) is 30.3 Å². The predicted molar refractivity (Wildman–Crippen MR) is 79.1 cm³/mol. The number of benzene rings is 2. The molecule has 0 spiro atoms. The first-order valence-corrected chi connectivity index (χ1v) is 6.62. The molecule has 0 saturated heterocycles. The topological polar surface area (TPSA) is 69.4 Å². The fourth-order valence-electron chi connectivity index (χ4n) is 1.78. The van der Waals surface area contributed by atoms with E-state index in [2.05, 4.69) is 0 Å². The second-order valence-corrected chi connectivity index (χ2v) is 4.95. The molecule has 22 heavy (non-hydrogen) atoms. The first-order valence-electron chi connectivity index (χ1n) is 6.24. The average molecular weight is 324 g/mol. The Labute approximate surface area is 130 Å². The van der Waals surface area contributed by atoms with E-state index < -0.39 is 16.5 Å². The van der Waals surface area contributed by atoms with E-state index in [1.54, 1.807) is 6.92 Å². The van der Waals surface area contributed by atoms with Crippen molar-refractivity contribution in [3.8, 4) is 5.75 Å². The molecule has 0 bridgehead atoms. The Morgan fingerprint density at radius 2 is 2.05 bits per heavy atom. The Morgan fingerprint density at radius 3 is 2.68 bits per heavy atom. The summed E-state index contributed by atoms with van der Waals surface area (Å²) in [6.07, 6.45) is 0. The minimum Gasteiger partial charge on any atom is -0.485 e. The van der Waals surface area contributed by atoms with Gasteiger partial charge >= 0.3 is 0 Å². The molecule has 0 unspecified atom stereocenters. The zero-order chi connectivity index (χ0) is 16.3. The molecule has 0 atom stereocenters. The lowest BCUT2D eigenvalue weighted by Crippen LogP contribution is -2.12. The van der Waals surface area contributed by atoms with E-state index in [-0.39, 0.29) is 28.6 Å². The fraction of sp³-hybridized carbons (Fsp3) is 0.133. The summed E-state index contributed by atoms with van der Waals surface area (Å²) < 4.78 is 18.2. The van der Waals surface area contributed by atoms with E-state index in [9.17, 15) is 19.3 Å². The smallest absolute Gasteiger partial charge is 0.273 e. The number of carbonyl (C=O) groups excluding carboxylic acids is 1. The quantitative estimate of drug-likeness (QED) is 0.474. The molecule has 0 aliphatic carbocycles. The first-order chi connectivity index (χ1) is 10.4. The maximum absolute atomic E-state index is 13.0. The van der Waals surface area contributed by atoms with Crippen molar-refractivity contribution in [3.05, 3.63) is 68.5 Å². The van der Waals surface area contributed by atoms with Gasteiger partial charge < -0.3 is 4.74 Å². The second kappa shape index (κ2) is 6.53. The highest BCUT2D eigenvalue weighted by Gasteiger charge is 2.15. The molecule has 0 aliphatic heterocycles. The molecule has 2 aromatic carbocycles. The third-order valence-electron chi connectivity index (χ3n) is 2.99. The van der Waals surface area contributed by atoms with Crippen molar-refractivity contribution in [3.63, 3.8) is 0 Å². The molecule has 0 heterocycles. The third-order valence-corrected chi connectivity index (χ3v) is 3.28. The SMILES string of the molecule is Cc1ccc(C(=O)COc2ccc(F)c(Cl)c2)cc1[N+](=O)[O-]. The van der Waals surface area contributed by atoms with Crippen LogP contribution in [0.2, 0.25) is 5.02 Å². The number of nitro groups is 1. The number of nitrogens with zero attached hydrogens (tertiary/aromatic N) is 1. The summed E-state index contributed by atoms with van der Waals surface area (Å²) in [6.45, 7) is 1.26. The van der Waals surface area contributed by atoms with Gasteiger partial charge in [0.2, 0.25) is 0 Å². The lowest BCUT2D eigenvalue weighted by atomic mass is 10.1. The van der Waals surface area contributed by atoms with Crippen LogP contribution in [0.5, 0.6) is 5.75 Å². The predicted octanol–water partition coefficient (Wildman–Crippen LogP) is 3.96. The maximum Gasteiger partial charge on any atom is 0.273 e. The van der Waals surface area contributed by atoms with Gasteiger partial charge in [0.15, 0.2) is 12.4 Å². The summed E-state index contributed by atoms with van der Waals surface area (Å²) >= 11 is 5.60. The van der Waals surface area contributed by atoms with E-state index in [0.717, 1.165) is 6.07 Å². The number of aryl methyl sites for hydroxylation is 1. The molecule has 0 saturated carbocycles. The van der Waals surface area contributed by atoms with Crippen molar-refractivity contribution in [2.24, 2.45) is 0 Å². The molecule has 0 aliphatic rings. The van der Waals surface area contributed by atoms with Crippen LogP contribution in [-0.2, 0) is 0 Å². The minimum absolute atomic E-state index is 0.115. The molecule has 0 amide bonds. The summed E-state index contributed by atoms with van der Waals surface area (Å²) in [7, 11) is 0. The largest absolute Gasteiger partial charge is 0.485 e. The molecular weight excluding hydrogens is 313 g/mol. The summed E-state index contributed by atoms with van der Waals surface area (Å²) in [5.41, 5.74) is 0.508. The number of ether oxygens (including phenoxy) is 1. The number of hydrogen-bond donors (Lipinski definition) is 0. The van der Waals surface area contributed by atoms with Crippen molar-refractivity contribution in [2.45, 2.75) is 6.92 Å². The van der Waals surface area contributed by atoms with Crippen LogP contribution in [0.25, 0.3) is 0 Å². The maximum atomic E-state index is 13.0. The Balaban J connectivity index is 2.10. The van der Waals surface area contributed by atoms with Crippen LogP contribution in [0.1, 0.15) is 15.9 Å². The normalized spacial score (nSPS) is 10.3. The van der Waals surface area contributed by atoms with Crippen molar-refractivity contribution < 1.29 is 18.8 Å². The van der Waals surface area contributed by atoms with Crippen LogP contribution in [0, 0.1) is 22.9 Å². The molecule has 0 radical (unpaired) electrons. The standard InChI is InChI=1S/C15H11ClFNO4/c1-9-2-3-10(6-14(9)18(20)21)15(19)8-22-11-4-5-13(17)12(16)7-11/h2-7H,8H2,1H3. The molecule has 114 valence electrons. The third kappa shape index (κ3) is 3.59. The van der Waals surface area contributed by atoms with Gasteiger partial charge in [0.05, 0.1) is 9.95 Å². The van der Waals surface area contributed by atoms with Crippen LogP contribution in [0.15, 0.2) is 36.4 Å². The highest BCUT2D eigenvalue weighted by molar-refractivity contribution is 6.30. The van der Waals surface area contributed by atoms with E-state index >= 15 is 0 Å². The van der Waals surface area contributed by atoms with Gasteiger partial charge in [-0.2, -0.15) is 0 Å². The van der Waals surface area contributed by atoms with Gasteiger partial charge in [0, 0.05) is 23.3 Å². The van der Waals surface area contributed by atoms with Crippen LogP contribution in [0.4, 0.5) is 10.1 Å². The van der Waals surface area contributed by atoms with Crippen LogP contribution < -0.4 is 4.74 Å². The molecular formula is C15H11ClFNO4. The van der Waals surface area contributed by atoms with Crippen LogP contribution in [-0.4, -0.2) is 17.3 Å². The first kappa shape index (κ1) is 15.9. The number of hydrogen-bond acceptors (Lipinski definition) is 4. The lowest BCUT2D eigenvalue weighted by molar-refractivity contribution is -0.385. The van der Waals surface area contributed by atoms with Gasteiger partial charge in [-0.3, -0.25) is 14.9 Å². The number of Topliss-reactive ketones (excluding diaryl/α,β-unsaturated/α-hetero) is 1. The van der Waals surface area contributed by atoms with Crippen LogP contribution >= 0.6 is 11.6 Å². The summed E-state index contributed by atoms with van der Waals surface area (Å²) in [6, 6.07) is 7.91. The van der Waals surface area contributed by atoms with Crippen LogP contribution in [0.3, 0.4) is 0 Å². The number of halogens is 2. The van der Waals surface area contributed by atoms with Gasteiger partial charge in [0.25, 0.3) is 5.69 Å². The van der Waals surface area contributed by atoms with Gasteiger partial charge in [-0.1, -0.05) is 23.7 Å². The molecule has 7 heteroatoms. The highest BCUT2D eigenvalue weighted by Crippen LogP contribution is 2.22. The number of ketones is 1. The Hall–Kier alpha value is -2.47. The molecule has 2 rings (SSSR count). The van der Waals surface area contributed by atoms with Crippen molar-refractivity contribution in [1.82, 2.24) is 0 Å². The summed E-state index contributed by atoms with van der Waals surface area (Å²) in [5, 5.41) is 10.7. The lowest BCUT2D eigenvalue weighted by Gasteiger charge is -2.07. The van der Waals surface area contributed by atoms with Gasteiger partial charge in [-0.25, -0.2) is 4.39 Å². The molecule has 5 nitrogen and oxygen atoms in total. The zero-order valence-corrected chi connectivity index (χ0v) is 12.3. The molecule has 0 aromatic heterocycles. The molecule has 2 aromatic rings. The zero-order valence-electron chi connectivity index (χ0n) is 11.5.